The van der Waals surface area contributed by atoms with Crippen molar-refractivity contribution in [2.45, 2.75) is 25.8 Å². The molecule has 2 N–H and O–H groups in total. The average molecular weight is 286 g/mol. The summed E-state index contributed by atoms with van der Waals surface area (Å²) in [5, 5.41) is 12.8. The number of rotatable bonds is 8. The van der Waals surface area contributed by atoms with Crippen LogP contribution in [0.3, 0.4) is 0 Å². The molecule has 0 saturated carbocycles. The first-order valence-electron chi connectivity index (χ1n) is 6.22. The molecule has 4 nitrogen and oxygen atoms in total. The van der Waals surface area contributed by atoms with Crippen LogP contribution in [0.25, 0.3) is 0 Å². The van der Waals surface area contributed by atoms with Gasteiger partial charge in [-0.1, -0.05) is 23.7 Å². The van der Waals surface area contributed by atoms with Crippen LogP contribution in [0.1, 0.15) is 17.5 Å². The fourth-order valence-electron chi connectivity index (χ4n) is 1.91. The zero-order chi connectivity index (χ0) is 14.3. The van der Waals surface area contributed by atoms with Gasteiger partial charge >= 0.3 is 5.97 Å². The van der Waals surface area contributed by atoms with Gasteiger partial charge < -0.3 is 15.2 Å². The molecule has 0 fully saturated rings. The Bertz CT molecular complexity index is 423. The SMILES string of the molecule is COCCNC(CC(=O)O)Cc1ccc(Cl)c(C)c1. The molecule has 1 aromatic rings. The Morgan fingerprint density at radius 3 is 2.84 bits per heavy atom. The summed E-state index contributed by atoms with van der Waals surface area (Å²) in [5.41, 5.74) is 2.09. The summed E-state index contributed by atoms with van der Waals surface area (Å²) in [6.45, 7) is 3.15. The minimum Gasteiger partial charge on any atom is -0.481 e. The molecule has 1 atom stereocenters. The van der Waals surface area contributed by atoms with E-state index in [0.29, 0.717) is 19.6 Å². The molecule has 0 bridgehead atoms. The van der Waals surface area contributed by atoms with Gasteiger partial charge in [-0.25, -0.2) is 0 Å². The highest BCUT2D eigenvalue weighted by Gasteiger charge is 2.13. The molecule has 0 heterocycles. The number of ether oxygens (including phenoxy) is 1. The Morgan fingerprint density at radius 2 is 2.26 bits per heavy atom. The molecule has 106 valence electrons. The highest BCUT2D eigenvalue weighted by atomic mass is 35.5. The molecule has 19 heavy (non-hydrogen) atoms. The maximum Gasteiger partial charge on any atom is 0.304 e. The van der Waals surface area contributed by atoms with E-state index in [9.17, 15) is 4.79 Å². The third-order valence-corrected chi connectivity index (χ3v) is 3.29. The number of hydrogen-bond donors (Lipinski definition) is 2. The van der Waals surface area contributed by atoms with Gasteiger partial charge in [-0.15, -0.1) is 0 Å². The Morgan fingerprint density at radius 1 is 1.53 bits per heavy atom. The van der Waals surface area contributed by atoms with Crippen LogP contribution in [0, 0.1) is 6.92 Å². The van der Waals surface area contributed by atoms with E-state index in [1.807, 2.05) is 25.1 Å². The van der Waals surface area contributed by atoms with Crippen LogP contribution in [0.5, 0.6) is 0 Å². The van der Waals surface area contributed by atoms with Crippen LogP contribution in [-0.4, -0.2) is 37.4 Å². The van der Waals surface area contributed by atoms with Gasteiger partial charge in [0.05, 0.1) is 13.0 Å². The van der Waals surface area contributed by atoms with Crippen molar-refractivity contribution in [1.82, 2.24) is 5.32 Å². The first kappa shape index (κ1) is 16.0. The molecule has 0 radical (unpaired) electrons. The molecule has 0 amide bonds. The number of benzene rings is 1. The Hall–Kier alpha value is -1.10. The number of aliphatic carboxylic acids is 1. The molecule has 0 spiro atoms. The van der Waals surface area contributed by atoms with E-state index in [1.165, 1.54) is 0 Å². The summed E-state index contributed by atoms with van der Waals surface area (Å²) in [7, 11) is 1.62. The summed E-state index contributed by atoms with van der Waals surface area (Å²) in [6.07, 6.45) is 0.749. The quantitative estimate of drug-likeness (QED) is 0.720. The first-order chi connectivity index (χ1) is 9.02. The van der Waals surface area contributed by atoms with Gasteiger partial charge in [-0.05, 0) is 30.5 Å². The number of carboxylic acid groups (broad SMARTS) is 1. The van der Waals surface area contributed by atoms with E-state index in [4.69, 9.17) is 21.4 Å². The predicted octanol–water partition coefficient (Wildman–Crippen LogP) is 2.27. The van der Waals surface area contributed by atoms with E-state index < -0.39 is 5.97 Å². The minimum absolute atomic E-state index is 0.0887. The lowest BCUT2D eigenvalue weighted by Gasteiger charge is -2.17. The van der Waals surface area contributed by atoms with Crippen molar-refractivity contribution in [1.29, 1.82) is 0 Å². The largest absolute Gasteiger partial charge is 0.481 e. The molecule has 0 saturated heterocycles. The van der Waals surface area contributed by atoms with Crippen molar-refractivity contribution in [3.05, 3.63) is 34.3 Å². The van der Waals surface area contributed by atoms with Crippen LogP contribution in [0.2, 0.25) is 5.02 Å². The zero-order valence-corrected chi connectivity index (χ0v) is 12.0. The van der Waals surface area contributed by atoms with Gasteiger partial charge in [0.25, 0.3) is 0 Å². The van der Waals surface area contributed by atoms with E-state index >= 15 is 0 Å². The van der Waals surface area contributed by atoms with Gasteiger partial charge in [0.1, 0.15) is 0 Å². The van der Waals surface area contributed by atoms with E-state index in [2.05, 4.69) is 5.32 Å². The van der Waals surface area contributed by atoms with Crippen LogP contribution in [0.4, 0.5) is 0 Å². The van der Waals surface area contributed by atoms with Gasteiger partial charge in [-0.3, -0.25) is 4.79 Å². The van der Waals surface area contributed by atoms with E-state index in [-0.39, 0.29) is 12.5 Å². The summed E-state index contributed by atoms with van der Waals surface area (Å²) in [4.78, 5) is 10.9. The second-order valence-electron chi connectivity index (χ2n) is 4.53. The molecule has 1 aromatic carbocycles. The molecular formula is C14H20ClNO3. The van der Waals surface area contributed by atoms with Crippen molar-refractivity contribution in [2.24, 2.45) is 0 Å². The Labute approximate surface area is 118 Å². The van der Waals surface area contributed by atoms with Crippen LogP contribution in [0.15, 0.2) is 18.2 Å². The van der Waals surface area contributed by atoms with Crippen LogP contribution >= 0.6 is 11.6 Å². The zero-order valence-electron chi connectivity index (χ0n) is 11.3. The molecule has 0 aliphatic heterocycles. The lowest BCUT2D eigenvalue weighted by atomic mass is 10.0. The van der Waals surface area contributed by atoms with Crippen molar-refractivity contribution >= 4 is 17.6 Å². The fourth-order valence-corrected chi connectivity index (χ4v) is 2.03. The predicted molar refractivity (Wildman–Crippen MR) is 75.8 cm³/mol. The number of aryl methyl sites for hydroxylation is 1. The number of hydrogen-bond acceptors (Lipinski definition) is 3. The molecule has 1 unspecified atom stereocenters. The summed E-state index contributed by atoms with van der Waals surface area (Å²) in [6, 6.07) is 5.67. The Kier molecular flexibility index (Phi) is 6.84. The van der Waals surface area contributed by atoms with E-state index in [0.717, 1.165) is 16.1 Å². The molecular weight excluding hydrogens is 266 g/mol. The van der Waals surface area contributed by atoms with Crippen molar-refractivity contribution < 1.29 is 14.6 Å². The van der Waals surface area contributed by atoms with Crippen molar-refractivity contribution in [2.75, 3.05) is 20.3 Å². The topological polar surface area (TPSA) is 58.6 Å². The number of halogens is 1. The number of nitrogens with one attached hydrogen (secondary N) is 1. The summed E-state index contributed by atoms with van der Waals surface area (Å²) in [5.74, 6) is -0.805. The highest BCUT2D eigenvalue weighted by molar-refractivity contribution is 6.31. The molecule has 0 aliphatic carbocycles. The first-order valence-corrected chi connectivity index (χ1v) is 6.60. The van der Waals surface area contributed by atoms with Gasteiger partial charge in [0, 0.05) is 24.7 Å². The smallest absolute Gasteiger partial charge is 0.304 e. The normalized spacial score (nSPS) is 12.4. The lowest BCUT2D eigenvalue weighted by Crippen LogP contribution is -2.35. The highest BCUT2D eigenvalue weighted by Crippen LogP contribution is 2.17. The van der Waals surface area contributed by atoms with Crippen LogP contribution in [-0.2, 0) is 16.0 Å². The van der Waals surface area contributed by atoms with Gasteiger partial charge in [0.15, 0.2) is 0 Å². The maximum absolute atomic E-state index is 10.9. The molecule has 1 rings (SSSR count). The standard InChI is InChI=1S/C14H20ClNO3/c1-10-7-11(3-4-13(10)15)8-12(9-14(17)18)16-5-6-19-2/h3-4,7,12,16H,5-6,8-9H2,1-2H3,(H,17,18). The third-order valence-electron chi connectivity index (χ3n) is 2.86. The third kappa shape index (κ3) is 6.05. The van der Waals surface area contributed by atoms with Crippen molar-refractivity contribution in [3.63, 3.8) is 0 Å². The molecule has 5 heteroatoms. The maximum atomic E-state index is 10.9. The van der Waals surface area contributed by atoms with E-state index in [1.54, 1.807) is 7.11 Å². The van der Waals surface area contributed by atoms with Gasteiger partial charge in [-0.2, -0.15) is 0 Å². The minimum atomic E-state index is -0.805. The number of carboxylic acids is 1. The second kappa shape index (κ2) is 8.15. The molecule has 0 aliphatic rings. The fraction of sp³-hybridized carbons (Fsp3) is 0.500. The second-order valence-corrected chi connectivity index (χ2v) is 4.94. The van der Waals surface area contributed by atoms with Crippen molar-refractivity contribution in [3.8, 4) is 0 Å². The van der Waals surface area contributed by atoms with Gasteiger partial charge in [0.2, 0.25) is 0 Å². The summed E-state index contributed by atoms with van der Waals surface area (Å²) < 4.78 is 4.95. The van der Waals surface area contributed by atoms with Crippen LogP contribution < -0.4 is 5.32 Å². The Balaban J connectivity index is 2.63. The molecule has 0 aromatic heterocycles. The summed E-state index contributed by atoms with van der Waals surface area (Å²) >= 11 is 5.98. The average Bonchev–Trinajstić information content (AvgIpc) is 2.33. The number of carbonyl (C=O) groups is 1. The number of methoxy groups -OCH3 is 1. The lowest BCUT2D eigenvalue weighted by molar-refractivity contribution is -0.137. The monoisotopic (exact) mass is 285 g/mol.